The second kappa shape index (κ2) is 50.5. The van der Waals surface area contributed by atoms with Crippen molar-refractivity contribution in [3.63, 3.8) is 0 Å². The third kappa shape index (κ3) is 65.5. The first kappa shape index (κ1) is 61.5. The summed E-state index contributed by atoms with van der Waals surface area (Å²) >= 11 is 0. The van der Waals surface area contributed by atoms with Crippen molar-refractivity contribution in [2.75, 3.05) is 0 Å². The monoisotopic (exact) mass is 875 g/mol. The number of allylic oxidation sites excluding steroid dienone is 2. The number of hydrogen-bond donors (Lipinski definition) is 0. The molecule has 0 unspecified atom stereocenters. The van der Waals surface area contributed by atoms with Crippen LogP contribution in [0.3, 0.4) is 0 Å². The Balaban J connectivity index is -0.00000101. The zero-order valence-electron chi connectivity index (χ0n) is 37.4. The SMILES string of the molecule is CCCCCCCCCCCCCCCCCCCCC/C=C/OS(=O)(=O)[O-].CCCCCCCCCCCCCCCCCCCCC/C=C/OS(=O)(=O)[O-].[Ca+2]. The molecular weight excluding hydrogens is 785 g/mol. The van der Waals surface area contributed by atoms with Crippen LogP contribution in [0.15, 0.2) is 24.7 Å². The first-order chi connectivity index (χ1) is 27.1. The molecule has 0 N–H and O–H groups in total. The van der Waals surface area contributed by atoms with Gasteiger partial charge in [0.2, 0.25) is 0 Å². The van der Waals surface area contributed by atoms with Gasteiger partial charge in [0.05, 0.1) is 0 Å². The maximum absolute atomic E-state index is 10.2. The van der Waals surface area contributed by atoms with E-state index in [4.69, 9.17) is 0 Å². The molecule has 0 spiro atoms. The Kier molecular flexibility index (Phi) is 54.5. The summed E-state index contributed by atoms with van der Waals surface area (Å²) < 4.78 is 69.3. The Morgan fingerprint density at radius 1 is 0.316 bits per heavy atom. The molecule has 0 rings (SSSR count). The molecule has 57 heavy (non-hydrogen) atoms. The van der Waals surface area contributed by atoms with E-state index in [1.165, 1.54) is 218 Å². The fourth-order valence-corrected chi connectivity index (χ4v) is 7.46. The first-order valence-corrected chi connectivity index (χ1v) is 26.4. The number of unbranched alkanes of at least 4 members (excludes halogenated alkanes) is 38. The zero-order valence-corrected chi connectivity index (χ0v) is 41.2. The van der Waals surface area contributed by atoms with Crippen LogP contribution in [0.4, 0.5) is 0 Å². The van der Waals surface area contributed by atoms with Gasteiger partial charge in [-0.25, -0.2) is 16.8 Å². The van der Waals surface area contributed by atoms with Crippen molar-refractivity contribution in [2.24, 2.45) is 0 Å². The van der Waals surface area contributed by atoms with Gasteiger partial charge >= 0.3 is 37.7 Å². The van der Waals surface area contributed by atoms with Gasteiger partial charge in [-0.15, -0.1) is 0 Å². The molecule has 0 saturated heterocycles. The van der Waals surface area contributed by atoms with Crippen LogP contribution in [0.2, 0.25) is 0 Å². The molecule has 0 bridgehead atoms. The second-order valence-electron chi connectivity index (χ2n) is 16.1. The molecule has 0 aromatic heterocycles. The molecule has 0 aliphatic heterocycles. The summed E-state index contributed by atoms with van der Waals surface area (Å²) in [5, 5.41) is 0. The summed E-state index contributed by atoms with van der Waals surface area (Å²) in [6.45, 7) is 4.55. The standard InChI is InChI=1S/2C23H46O4S.Ca/c2*1-2-3-4-5-6-7-8-9-10-11-12-13-14-15-16-17-18-19-20-21-22-23-27-28(24,25)26;/h2*22-23H,2-21H2,1H3,(H,24,25,26);/q;;+2/p-2/b2*23-22+;. The zero-order chi connectivity index (χ0) is 41.5. The van der Waals surface area contributed by atoms with Crippen molar-refractivity contribution >= 4 is 58.5 Å². The van der Waals surface area contributed by atoms with Crippen LogP contribution in [-0.4, -0.2) is 63.7 Å². The molecule has 0 radical (unpaired) electrons. The quantitative estimate of drug-likeness (QED) is 0.0194. The molecule has 8 nitrogen and oxygen atoms in total. The van der Waals surface area contributed by atoms with Crippen LogP contribution in [0.1, 0.15) is 271 Å². The number of rotatable bonds is 44. The van der Waals surface area contributed by atoms with Crippen molar-refractivity contribution in [1.29, 1.82) is 0 Å². The molecule has 0 amide bonds. The maximum Gasteiger partial charge on any atom is 2.00 e. The van der Waals surface area contributed by atoms with E-state index in [0.29, 0.717) is 0 Å². The van der Waals surface area contributed by atoms with E-state index in [1.54, 1.807) is 12.2 Å². The Hall–Kier alpha value is 0.160. The Morgan fingerprint density at radius 3 is 0.632 bits per heavy atom. The minimum Gasteiger partial charge on any atom is -0.716 e. The summed E-state index contributed by atoms with van der Waals surface area (Å²) in [6, 6.07) is 0. The van der Waals surface area contributed by atoms with Crippen LogP contribution in [-0.2, 0) is 29.2 Å². The number of hydrogen-bond acceptors (Lipinski definition) is 8. The van der Waals surface area contributed by atoms with E-state index in [1.807, 2.05) is 0 Å². The Labute approximate surface area is 385 Å². The predicted octanol–water partition coefficient (Wildman–Crippen LogP) is 15.2. The van der Waals surface area contributed by atoms with Crippen LogP contribution < -0.4 is 0 Å². The summed E-state index contributed by atoms with van der Waals surface area (Å²) in [5.74, 6) is 0. The van der Waals surface area contributed by atoms with E-state index in [-0.39, 0.29) is 37.7 Å². The third-order valence-corrected chi connectivity index (χ3v) is 11.2. The molecule has 0 aromatic rings. The molecule has 0 aliphatic rings. The largest absolute Gasteiger partial charge is 2.00 e. The van der Waals surface area contributed by atoms with Gasteiger partial charge in [0.15, 0.2) is 0 Å². The summed E-state index contributed by atoms with van der Waals surface area (Å²) in [5.41, 5.74) is 0. The fourth-order valence-electron chi connectivity index (χ4n) is 7.03. The topological polar surface area (TPSA) is 133 Å². The van der Waals surface area contributed by atoms with Crippen LogP contribution in [0.25, 0.3) is 0 Å². The molecule has 0 aromatic carbocycles. The van der Waals surface area contributed by atoms with Gasteiger partial charge in [0.1, 0.15) is 12.5 Å². The van der Waals surface area contributed by atoms with Crippen molar-refractivity contribution < 1.29 is 34.3 Å². The van der Waals surface area contributed by atoms with E-state index >= 15 is 0 Å². The van der Waals surface area contributed by atoms with Crippen molar-refractivity contribution in [3.05, 3.63) is 24.7 Å². The van der Waals surface area contributed by atoms with E-state index < -0.39 is 20.8 Å². The second-order valence-corrected chi connectivity index (χ2v) is 18.1. The van der Waals surface area contributed by atoms with Crippen molar-refractivity contribution in [1.82, 2.24) is 0 Å². The van der Waals surface area contributed by atoms with Gasteiger partial charge in [-0.2, -0.15) is 0 Å². The molecule has 336 valence electrons. The minimum atomic E-state index is -4.59. The fraction of sp³-hybridized carbons (Fsp3) is 0.913. The summed E-state index contributed by atoms with van der Waals surface area (Å²) in [4.78, 5) is 0. The molecule has 0 heterocycles. The van der Waals surface area contributed by atoms with Crippen LogP contribution in [0, 0.1) is 0 Å². The molecule has 0 aliphatic carbocycles. The maximum atomic E-state index is 10.2. The molecule has 0 fully saturated rings. The van der Waals surface area contributed by atoms with Crippen LogP contribution >= 0.6 is 0 Å². The van der Waals surface area contributed by atoms with Gasteiger partial charge < -0.3 is 17.5 Å². The molecule has 0 saturated carbocycles. The van der Waals surface area contributed by atoms with Crippen molar-refractivity contribution in [3.8, 4) is 0 Å². The average molecular weight is 875 g/mol. The average Bonchev–Trinajstić information content (AvgIpc) is 3.15. The molecule has 11 heteroatoms. The van der Waals surface area contributed by atoms with E-state index in [2.05, 4.69) is 22.2 Å². The Bertz CT molecular complexity index is 953. The van der Waals surface area contributed by atoms with Gasteiger partial charge in [-0.3, -0.25) is 0 Å². The summed E-state index contributed by atoms with van der Waals surface area (Å²) in [7, 11) is -9.17. The van der Waals surface area contributed by atoms with Gasteiger partial charge in [-0.05, 0) is 37.8 Å². The minimum absolute atomic E-state index is 0. The van der Waals surface area contributed by atoms with Gasteiger partial charge in [0, 0.05) is 0 Å². The smallest absolute Gasteiger partial charge is 0.716 e. The third-order valence-electron chi connectivity index (χ3n) is 10.5. The van der Waals surface area contributed by atoms with E-state index in [9.17, 15) is 25.9 Å². The normalized spacial score (nSPS) is 11.9. The van der Waals surface area contributed by atoms with Gasteiger partial charge in [0.25, 0.3) is 20.8 Å². The van der Waals surface area contributed by atoms with Gasteiger partial charge in [-0.1, -0.05) is 245 Å². The molecular formula is C46H90CaO8S2. The predicted molar refractivity (Wildman–Crippen MR) is 242 cm³/mol. The van der Waals surface area contributed by atoms with Crippen LogP contribution in [0.5, 0.6) is 0 Å². The first-order valence-electron chi connectivity index (χ1n) is 23.7. The van der Waals surface area contributed by atoms with E-state index in [0.717, 1.165) is 51.0 Å². The summed E-state index contributed by atoms with van der Waals surface area (Å²) in [6.07, 6.45) is 58.2. The molecule has 0 atom stereocenters. The Morgan fingerprint density at radius 2 is 0.474 bits per heavy atom. The van der Waals surface area contributed by atoms with Crippen molar-refractivity contribution in [2.45, 2.75) is 271 Å².